The molecule has 0 unspecified atom stereocenters. The first kappa shape index (κ1) is 15.2. The lowest BCUT2D eigenvalue weighted by atomic mass is 10.1. The van der Waals surface area contributed by atoms with E-state index in [0.29, 0.717) is 5.56 Å². The molecule has 0 saturated heterocycles. The van der Waals surface area contributed by atoms with Crippen LogP contribution in [0, 0.1) is 10.5 Å². The number of anilines is 1. The molecule has 0 bridgehead atoms. The van der Waals surface area contributed by atoms with Gasteiger partial charge in [0.2, 0.25) is 0 Å². The van der Waals surface area contributed by atoms with Crippen LogP contribution in [-0.2, 0) is 0 Å². The van der Waals surface area contributed by atoms with Crippen molar-refractivity contribution in [3.63, 3.8) is 0 Å². The molecule has 110 valence electrons. The van der Waals surface area contributed by atoms with Crippen molar-refractivity contribution in [1.29, 1.82) is 0 Å². The lowest BCUT2D eigenvalue weighted by molar-refractivity contribution is 0.102. The van der Waals surface area contributed by atoms with E-state index in [-0.39, 0.29) is 5.91 Å². The second kappa shape index (κ2) is 6.58. The number of halogens is 1. The van der Waals surface area contributed by atoms with E-state index in [1.807, 2.05) is 60.8 Å². The van der Waals surface area contributed by atoms with Gasteiger partial charge in [0, 0.05) is 25.8 Å². The molecule has 1 heterocycles. The fourth-order valence-corrected chi connectivity index (χ4v) is 3.22. The molecule has 22 heavy (non-hydrogen) atoms. The second-order valence-electron chi connectivity index (χ2n) is 4.79. The Bertz CT molecular complexity index is 812. The molecule has 0 saturated carbocycles. The number of nitrogens with one attached hydrogen (secondary N) is 1. The Morgan fingerprint density at radius 3 is 2.59 bits per heavy atom. The van der Waals surface area contributed by atoms with Crippen molar-refractivity contribution in [1.82, 2.24) is 4.98 Å². The Morgan fingerprint density at radius 1 is 1.18 bits per heavy atom. The average molecular weight is 420 g/mol. The van der Waals surface area contributed by atoms with Crippen molar-refractivity contribution in [3.05, 3.63) is 68.1 Å². The van der Waals surface area contributed by atoms with Gasteiger partial charge in [-0.25, -0.2) is 4.98 Å². The minimum atomic E-state index is -0.108. The van der Waals surface area contributed by atoms with Gasteiger partial charge in [0.25, 0.3) is 5.91 Å². The highest BCUT2D eigenvalue weighted by atomic mass is 127. The van der Waals surface area contributed by atoms with Crippen LogP contribution < -0.4 is 5.32 Å². The lowest BCUT2D eigenvalue weighted by Gasteiger charge is -2.06. The first-order chi connectivity index (χ1) is 10.6. The molecule has 2 aromatic carbocycles. The van der Waals surface area contributed by atoms with Crippen LogP contribution in [0.4, 0.5) is 5.69 Å². The largest absolute Gasteiger partial charge is 0.322 e. The maximum Gasteiger partial charge on any atom is 0.255 e. The fourth-order valence-electron chi connectivity index (χ4n) is 2.06. The number of thiazole rings is 1. The van der Waals surface area contributed by atoms with Gasteiger partial charge in [-0.1, -0.05) is 18.2 Å². The van der Waals surface area contributed by atoms with E-state index in [4.69, 9.17) is 0 Å². The molecule has 0 aliphatic rings. The standard InChI is InChI=1S/C17H13IN2OS/c1-11-19-16(10-22-11)12-5-7-13(8-6-12)17(21)20-15-4-2-3-14(18)9-15/h2-10H,1H3,(H,20,21). The van der Waals surface area contributed by atoms with E-state index in [2.05, 4.69) is 32.9 Å². The number of aryl methyl sites for hydroxylation is 1. The number of carbonyl (C=O) groups is 1. The van der Waals surface area contributed by atoms with E-state index in [1.165, 1.54) is 0 Å². The highest BCUT2D eigenvalue weighted by Crippen LogP contribution is 2.22. The van der Waals surface area contributed by atoms with Crippen molar-refractivity contribution in [2.75, 3.05) is 5.32 Å². The number of hydrogen-bond donors (Lipinski definition) is 1. The van der Waals surface area contributed by atoms with Gasteiger partial charge in [0.05, 0.1) is 10.7 Å². The molecule has 3 aromatic rings. The molecule has 3 nitrogen and oxygen atoms in total. The highest BCUT2D eigenvalue weighted by molar-refractivity contribution is 14.1. The van der Waals surface area contributed by atoms with Gasteiger partial charge < -0.3 is 5.32 Å². The van der Waals surface area contributed by atoms with Crippen LogP contribution in [0.2, 0.25) is 0 Å². The molecule has 5 heteroatoms. The Morgan fingerprint density at radius 2 is 1.95 bits per heavy atom. The number of rotatable bonds is 3. The van der Waals surface area contributed by atoms with Crippen LogP contribution in [0.1, 0.15) is 15.4 Å². The minimum Gasteiger partial charge on any atom is -0.322 e. The first-order valence-corrected chi connectivity index (χ1v) is 8.67. The lowest BCUT2D eigenvalue weighted by Crippen LogP contribution is -2.11. The summed E-state index contributed by atoms with van der Waals surface area (Å²) in [5.74, 6) is -0.108. The van der Waals surface area contributed by atoms with Gasteiger partial charge in [-0.2, -0.15) is 0 Å². The molecule has 0 aliphatic heterocycles. The van der Waals surface area contributed by atoms with Crippen LogP contribution in [-0.4, -0.2) is 10.9 Å². The smallest absolute Gasteiger partial charge is 0.255 e. The molecule has 0 radical (unpaired) electrons. The van der Waals surface area contributed by atoms with Crippen molar-refractivity contribution in [2.24, 2.45) is 0 Å². The molecular weight excluding hydrogens is 407 g/mol. The molecule has 1 N–H and O–H groups in total. The number of amides is 1. The first-order valence-electron chi connectivity index (χ1n) is 6.71. The third-order valence-corrected chi connectivity index (χ3v) is 4.59. The van der Waals surface area contributed by atoms with Crippen LogP contribution in [0.25, 0.3) is 11.3 Å². The van der Waals surface area contributed by atoms with E-state index >= 15 is 0 Å². The number of aromatic nitrogens is 1. The summed E-state index contributed by atoms with van der Waals surface area (Å²) in [5, 5.41) is 5.97. The monoisotopic (exact) mass is 420 g/mol. The third-order valence-electron chi connectivity index (χ3n) is 3.14. The summed E-state index contributed by atoms with van der Waals surface area (Å²) in [6.07, 6.45) is 0. The van der Waals surface area contributed by atoms with Gasteiger partial charge in [-0.05, 0) is 59.8 Å². The van der Waals surface area contributed by atoms with Gasteiger partial charge >= 0.3 is 0 Å². The number of hydrogen-bond acceptors (Lipinski definition) is 3. The number of nitrogens with zero attached hydrogens (tertiary/aromatic N) is 1. The van der Waals surface area contributed by atoms with Crippen molar-refractivity contribution in [3.8, 4) is 11.3 Å². The summed E-state index contributed by atoms with van der Waals surface area (Å²) in [6, 6.07) is 15.2. The Hall–Kier alpha value is -1.73. The molecule has 0 aliphatic carbocycles. The molecule has 3 rings (SSSR count). The Balaban J connectivity index is 1.76. The van der Waals surface area contributed by atoms with Crippen molar-refractivity contribution < 1.29 is 4.79 Å². The zero-order chi connectivity index (χ0) is 15.5. The summed E-state index contributed by atoms with van der Waals surface area (Å²) in [7, 11) is 0. The maximum absolute atomic E-state index is 12.3. The summed E-state index contributed by atoms with van der Waals surface area (Å²) in [5.41, 5.74) is 3.41. The zero-order valence-electron chi connectivity index (χ0n) is 11.8. The maximum atomic E-state index is 12.3. The quantitative estimate of drug-likeness (QED) is 0.608. The van der Waals surface area contributed by atoms with E-state index in [0.717, 1.165) is 25.5 Å². The molecule has 0 spiro atoms. The SMILES string of the molecule is Cc1nc(-c2ccc(C(=O)Nc3cccc(I)c3)cc2)cs1. The van der Waals surface area contributed by atoms with Crippen LogP contribution >= 0.6 is 33.9 Å². The number of carbonyl (C=O) groups excluding carboxylic acids is 1. The predicted molar refractivity (Wildman–Crippen MR) is 99.4 cm³/mol. The van der Waals surface area contributed by atoms with Crippen molar-refractivity contribution in [2.45, 2.75) is 6.92 Å². The van der Waals surface area contributed by atoms with Gasteiger partial charge in [0.15, 0.2) is 0 Å². The summed E-state index contributed by atoms with van der Waals surface area (Å²) in [4.78, 5) is 16.7. The third kappa shape index (κ3) is 3.53. The van der Waals surface area contributed by atoms with Gasteiger partial charge in [0.1, 0.15) is 0 Å². The topological polar surface area (TPSA) is 42.0 Å². The Labute approximate surface area is 146 Å². The average Bonchev–Trinajstić information content (AvgIpc) is 2.94. The molecule has 1 aromatic heterocycles. The fraction of sp³-hybridized carbons (Fsp3) is 0.0588. The summed E-state index contributed by atoms with van der Waals surface area (Å²) >= 11 is 3.84. The van der Waals surface area contributed by atoms with Gasteiger partial charge in [-0.15, -0.1) is 11.3 Å². The molecule has 0 fully saturated rings. The normalized spacial score (nSPS) is 10.5. The highest BCUT2D eigenvalue weighted by Gasteiger charge is 2.08. The van der Waals surface area contributed by atoms with Gasteiger partial charge in [-0.3, -0.25) is 4.79 Å². The van der Waals surface area contributed by atoms with E-state index < -0.39 is 0 Å². The van der Waals surface area contributed by atoms with E-state index in [1.54, 1.807) is 11.3 Å². The van der Waals surface area contributed by atoms with E-state index in [9.17, 15) is 4.79 Å². The second-order valence-corrected chi connectivity index (χ2v) is 7.10. The van der Waals surface area contributed by atoms with Crippen LogP contribution in [0.15, 0.2) is 53.9 Å². The predicted octanol–water partition coefficient (Wildman–Crippen LogP) is 4.98. The zero-order valence-corrected chi connectivity index (χ0v) is 14.8. The summed E-state index contributed by atoms with van der Waals surface area (Å²) < 4.78 is 1.09. The van der Waals surface area contributed by atoms with Crippen LogP contribution in [0.5, 0.6) is 0 Å². The molecule has 1 amide bonds. The summed E-state index contributed by atoms with van der Waals surface area (Å²) in [6.45, 7) is 1.98. The van der Waals surface area contributed by atoms with Crippen molar-refractivity contribution >= 4 is 45.5 Å². The van der Waals surface area contributed by atoms with Crippen LogP contribution in [0.3, 0.4) is 0 Å². The number of benzene rings is 2. The minimum absolute atomic E-state index is 0.108. The molecular formula is C17H13IN2OS. The molecule has 0 atom stereocenters. The Kier molecular flexibility index (Phi) is 4.54.